The van der Waals surface area contributed by atoms with Crippen LogP contribution in [0.2, 0.25) is 0 Å². The fourth-order valence-corrected chi connectivity index (χ4v) is 3.41. The van der Waals surface area contributed by atoms with Crippen molar-refractivity contribution in [2.24, 2.45) is 4.99 Å². The van der Waals surface area contributed by atoms with Gasteiger partial charge in [0.1, 0.15) is 5.75 Å². The number of unbranched alkanes of at least 4 members (excludes halogenated alkanes) is 4. The largest absolute Gasteiger partial charge is 0.493 e. The van der Waals surface area contributed by atoms with Crippen LogP contribution in [0.1, 0.15) is 76.5 Å². The van der Waals surface area contributed by atoms with Gasteiger partial charge in [-0.15, -0.1) is 0 Å². The van der Waals surface area contributed by atoms with Crippen LogP contribution < -0.4 is 4.74 Å². The van der Waals surface area contributed by atoms with Gasteiger partial charge in [-0.3, -0.25) is 0 Å². The van der Waals surface area contributed by atoms with Crippen molar-refractivity contribution in [3.05, 3.63) is 70.9 Å². The molecule has 0 atom stereocenters. The first kappa shape index (κ1) is 22.8. The van der Waals surface area contributed by atoms with E-state index in [1.54, 1.807) is 6.08 Å². The maximum Gasteiger partial charge on any atom is 0.363 e. The van der Waals surface area contributed by atoms with E-state index in [9.17, 15) is 4.79 Å². The Kier molecular flexibility index (Phi) is 7.67. The summed E-state index contributed by atoms with van der Waals surface area (Å²) in [5.74, 6) is 0.659. The van der Waals surface area contributed by atoms with Gasteiger partial charge in [-0.05, 0) is 41.7 Å². The van der Waals surface area contributed by atoms with Crippen LogP contribution in [0.5, 0.6) is 5.75 Å². The van der Waals surface area contributed by atoms with Crippen LogP contribution >= 0.6 is 0 Å². The zero-order chi connectivity index (χ0) is 22.3. The Balaban J connectivity index is 1.72. The van der Waals surface area contributed by atoms with Gasteiger partial charge < -0.3 is 9.47 Å². The highest BCUT2D eigenvalue weighted by atomic mass is 16.6. The number of carbonyl (C=O) groups excluding carboxylic acids is 1. The first-order chi connectivity index (χ1) is 14.9. The molecule has 2 aromatic carbocycles. The maximum atomic E-state index is 12.4. The van der Waals surface area contributed by atoms with Crippen molar-refractivity contribution in [2.75, 3.05) is 6.61 Å². The Labute approximate surface area is 186 Å². The Morgan fingerprint density at radius 3 is 2.39 bits per heavy atom. The van der Waals surface area contributed by atoms with Crippen molar-refractivity contribution in [1.82, 2.24) is 0 Å². The minimum absolute atomic E-state index is 0.0669. The topological polar surface area (TPSA) is 47.9 Å². The van der Waals surface area contributed by atoms with Crippen molar-refractivity contribution >= 4 is 17.9 Å². The number of hydrogen-bond acceptors (Lipinski definition) is 4. The lowest BCUT2D eigenvalue weighted by Crippen LogP contribution is -2.11. The Morgan fingerprint density at radius 2 is 1.68 bits per heavy atom. The number of esters is 1. The first-order valence-corrected chi connectivity index (χ1v) is 11.2. The number of hydrogen-bond donors (Lipinski definition) is 0. The summed E-state index contributed by atoms with van der Waals surface area (Å²) in [6.45, 7) is 9.38. The van der Waals surface area contributed by atoms with Gasteiger partial charge in [0.05, 0.1) is 6.61 Å². The first-order valence-electron chi connectivity index (χ1n) is 11.2. The minimum atomic E-state index is -0.440. The quantitative estimate of drug-likeness (QED) is 0.259. The Hall–Kier alpha value is -2.88. The number of carbonyl (C=O) groups is 1. The number of rotatable bonds is 9. The zero-order valence-corrected chi connectivity index (χ0v) is 19.1. The summed E-state index contributed by atoms with van der Waals surface area (Å²) in [4.78, 5) is 16.9. The van der Waals surface area contributed by atoms with Gasteiger partial charge in [0, 0.05) is 11.1 Å². The van der Waals surface area contributed by atoms with Crippen molar-refractivity contribution < 1.29 is 14.3 Å². The predicted octanol–water partition coefficient (Wildman–Crippen LogP) is 6.68. The third-order valence-corrected chi connectivity index (χ3v) is 5.34. The number of para-hydroxylation sites is 1. The van der Waals surface area contributed by atoms with E-state index in [1.165, 1.54) is 31.2 Å². The molecule has 1 aliphatic heterocycles. The number of benzene rings is 2. The summed E-state index contributed by atoms with van der Waals surface area (Å²) in [6, 6.07) is 15.7. The highest BCUT2D eigenvalue weighted by molar-refractivity contribution is 6.12. The molecule has 0 saturated heterocycles. The summed E-state index contributed by atoms with van der Waals surface area (Å²) in [5.41, 5.74) is 3.20. The van der Waals surface area contributed by atoms with Gasteiger partial charge in [0.15, 0.2) is 5.70 Å². The minimum Gasteiger partial charge on any atom is -0.493 e. The summed E-state index contributed by atoms with van der Waals surface area (Å²) in [6.07, 6.45) is 7.68. The molecule has 1 aliphatic rings. The summed E-state index contributed by atoms with van der Waals surface area (Å²) >= 11 is 0. The number of aliphatic imine (C=N–C) groups is 1. The monoisotopic (exact) mass is 419 g/mol. The third kappa shape index (κ3) is 6.30. The number of ether oxygens (including phenoxy) is 2. The van der Waals surface area contributed by atoms with Crippen molar-refractivity contribution in [1.29, 1.82) is 0 Å². The van der Waals surface area contributed by atoms with Gasteiger partial charge in [-0.1, -0.05) is 83.7 Å². The van der Waals surface area contributed by atoms with Gasteiger partial charge in [-0.25, -0.2) is 9.79 Å². The molecule has 3 rings (SSSR count). The van der Waals surface area contributed by atoms with E-state index in [4.69, 9.17) is 9.47 Å². The molecule has 0 N–H and O–H groups in total. The smallest absolute Gasteiger partial charge is 0.363 e. The van der Waals surface area contributed by atoms with Crippen LogP contribution in [0.3, 0.4) is 0 Å². The van der Waals surface area contributed by atoms with Crippen molar-refractivity contribution in [3.8, 4) is 5.75 Å². The third-order valence-electron chi connectivity index (χ3n) is 5.34. The van der Waals surface area contributed by atoms with Crippen LogP contribution in [-0.2, 0) is 14.9 Å². The van der Waals surface area contributed by atoms with E-state index in [2.05, 4.69) is 44.8 Å². The number of nitrogens with zero attached hydrogens (tertiary/aromatic N) is 1. The molecule has 0 spiro atoms. The highest BCUT2D eigenvalue weighted by Crippen LogP contribution is 2.26. The molecule has 0 unspecified atom stereocenters. The standard InChI is InChI=1S/C27H33NO3/c1-5-6-7-8-11-18-30-24-13-10-9-12-21(24)19-23-26(29)31-25(28-23)20-14-16-22(17-15-20)27(2,3)4/h9-10,12-17,19H,5-8,11,18H2,1-4H3/b23-19-. The van der Waals surface area contributed by atoms with Crippen molar-refractivity contribution in [3.63, 3.8) is 0 Å². The molecule has 4 nitrogen and oxygen atoms in total. The summed E-state index contributed by atoms with van der Waals surface area (Å²) in [7, 11) is 0. The van der Waals surface area contributed by atoms with E-state index < -0.39 is 5.97 Å². The van der Waals surface area contributed by atoms with E-state index in [0.717, 1.165) is 23.3 Å². The van der Waals surface area contributed by atoms with E-state index >= 15 is 0 Å². The second kappa shape index (κ2) is 10.4. The summed E-state index contributed by atoms with van der Waals surface area (Å²) < 4.78 is 11.4. The molecule has 4 heteroatoms. The average molecular weight is 420 g/mol. The van der Waals surface area contributed by atoms with Crippen LogP contribution in [-0.4, -0.2) is 18.5 Å². The van der Waals surface area contributed by atoms with Gasteiger partial charge >= 0.3 is 5.97 Å². The molecular weight excluding hydrogens is 386 g/mol. The molecule has 0 bridgehead atoms. The fourth-order valence-electron chi connectivity index (χ4n) is 3.41. The van der Waals surface area contributed by atoms with Gasteiger partial charge in [0.25, 0.3) is 0 Å². The second-order valence-corrected chi connectivity index (χ2v) is 8.96. The Morgan fingerprint density at radius 1 is 0.968 bits per heavy atom. The molecule has 31 heavy (non-hydrogen) atoms. The van der Waals surface area contributed by atoms with Crippen LogP contribution in [0.15, 0.2) is 59.2 Å². The molecular formula is C27H33NO3. The molecule has 0 radical (unpaired) electrons. The predicted molar refractivity (Wildman–Crippen MR) is 126 cm³/mol. The van der Waals surface area contributed by atoms with E-state index in [0.29, 0.717) is 12.5 Å². The van der Waals surface area contributed by atoms with Crippen molar-refractivity contribution in [2.45, 2.75) is 65.2 Å². The lowest BCUT2D eigenvalue weighted by atomic mass is 9.87. The van der Waals surface area contributed by atoms with E-state index in [1.807, 2.05) is 36.4 Å². The lowest BCUT2D eigenvalue weighted by Gasteiger charge is -2.18. The number of cyclic esters (lactones) is 1. The highest BCUT2D eigenvalue weighted by Gasteiger charge is 2.25. The summed E-state index contributed by atoms with van der Waals surface area (Å²) in [5, 5.41) is 0. The molecule has 0 aliphatic carbocycles. The second-order valence-electron chi connectivity index (χ2n) is 8.96. The molecule has 0 fully saturated rings. The van der Waals surface area contributed by atoms with Crippen LogP contribution in [0, 0.1) is 0 Å². The molecule has 0 saturated carbocycles. The molecule has 0 aromatic heterocycles. The van der Waals surface area contributed by atoms with Gasteiger partial charge in [0.2, 0.25) is 5.90 Å². The fraction of sp³-hybridized carbons (Fsp3) is 0.407. The zero-order valence-electron chi connectivity index (χ0n) is 19.1. The SMILES string of the molecule is CCCCCCCOc1ccccc1/C=C1\N=C(c2ccc(C(C)(C)C)cc2)OC1=O. The van der Waals surface area contributed by atoms with Crippen LogP contribution in [0.4, 0.5) is 0 Å². The molecule has 2 aromatic rings. The maximum absolute atomic E-state index is 12.4. The normalized spacial score (nSPS) is 15.2. The molecule has 164 valence electrons. The lowest BCUT2D eigenvalue weighted by molar-refractivity contribution is -0.129. The molecule has 0 amide bonds. The molecule has 1 heterocycles. The van der Waals surface area contributed by atoms with Crippen LogP contribution in [0.25, 0.3) is 6.08 Å². The Bertz CT molecular complexity index is 949. The average Bonchev–Trinajstić information content (AvgIpc) is 3.11. The van der Waals surface area contributed by atoms with Gasteiger partial charge in [-0.2, -0.15) is 0 Å². The van der Waals surface area contributed by atoms with E-state index in [-0.39, 0.29) is 11.1 Å².